The average molecular weight is 279 g/mol. The van der Waals surface area contributed by atoms with Gasteiger partial charge in [0.05, 0.1) is 11.5 Å². The molecule has 1 unspecified atom stereocenters. The monoisotopic (exact) mass is 279 g/mol. The van der Waals surface area contributed by atoms with Crippen molar-refractivity contribution in [2.45, 2.75) is 51.5 Å². The molecule has 1 heterocycles. The Hall–Kier alpha value is -1.85. The van der Waals surface area contributed by atoms with Crippen LogP contribution in [0, 0.1) is 5.41 Å². The van der Waals surface area contributed by atoms with Gasteiger partial charge in [-0.05, 0) is 19.3 Å². The zero-order chi connectivity index (χ0) is 14.6. The van der Waals surface area contributed by atoms with Crippen LogP contribution >= 0.6 is 0 Å². The van der Waals surface area contributed by atoms with Gasteiger partial charge in [0.25, 0.3) is 0 Å². The summed E-state index contributed by atoms with van der Waals surface area (Å²) in [6.07, 6.45) is 7.06. The first-order chi connectivity index (χ1) is 9.57. The molecule has 1 saturated carbocycles. The summed E-state index contributed by atoms with van der Waals surface area (Å²) in [4.78, 5) is 30.7. The minimum Gasteiger partial charge on any atom is -0.481 e. The molecular weight excluding hydrogens is 258 g/mol. The van der Waals surface area contributed by atoms with Gasteiger partial charge in [-0.25, -0.2) is 4.98 Å². The van der Waals surface area contributed by atoms with Crippen molar-refractivity contribution in [3.63, 3.8) is 0 Å². The number of carboxylic acid groups (broad SMARTS) is 1. The molecule has 3 N–H and O–H groups in total. The minimum atomic E-state index is -0.870. The van der Waals surface area contributed by atoms with Gasteiger partial charge in [0, 0.05) is 18.8 Å². The largest absolute Gasteiger partial charge is 0.481 e. The smallest absolute Gasteiger partial charge is 0.310 e. The van der Waals surface area contributed by atoms with Gasteiger partial charge < -0.3 is 15.4 Å². The molecule has 1 fully saturated rings. The molecule has 0 spiro atoms. The Balaban J connectivity index is 1.99. The Morgan fingerprint density at radius 2 is 2.20 bits per heavy atom. The van der Waals surface area contributed by atoms with Crippen molar-refractivity contribution in [2.75, 3.05) is 0 Å². The lowest BCUT2D eigenvalue weighted by molar-refractivity contribution is -0.151. The third-order valence-electron chi connectivity index (χ3n) is 4.11. The van der Waals surface area contributed by atoms with Gasteiger partial charge in [-0.3, -0.25) is 9.59 Å². The standard InChI is InChI=1S/C14H21N3O3/c1-2-10(12-15-7-8-16-12)17-11(18)9-14(13(19)20)5-3-4-6-14/h7-8,10H,2-6,9H2,1H3,(H,15,16)(H,17,18)(H,19,20). The number of rotatable bonds is 6. The maximum atomic E-state index is 12.2. The lowest BCUT2D eigenvalue weighted by atomic mass is 9.82. The van der Waals surface area contributed by atoms with Crippen molar-refractivity contribution < 1.29 is 14.7 Å². The average Bonchev–Trinajstić information content (AvgIpc) is 3.07. The highest BCUT2D eigenvalue weighted by molar-refractivity contribution is 5.85. The first-order valence-electron chi connectivity index (χ1n) is 7.09. The maximum absolute atomic E-state index is 12.2. The highest BCUT2D eigenvalue weighted by Crippen LogP contribution is 2.41. The quantitative estimate of drug-likeness (QED) is 0.742. The molecular formula is C14H21N3O3. The van der Waals surface area contributed by atoms with E-state index in [1.54, 1.807) is 12.4 Å². The van der Waals surface area contributed by atoms with E-state index >= 15 is 0 Å². The van der Waals surface area contributed by atoms with Crippen molar-refractivity contribution >= 4 is 11.9 Å². The fraction of sp³-hybridized carbons (Fsp3) is 0.643. The number of hydrogen-bond acceptors (Lipinski definition) is 3. The summed E-state index contributed by atoms with van der Waals surface area (Å²) in [7, 11) is 0. The van der Waals surface area contributed by atoms with E-state index in [4.69, 9.17) is 0 Å². The predicted molar refractivity (Wildman–Crippen MR) is 72.9 cm³/mol. The van der Waals surface area contributed by atoms with Crippen LogP contribution in [0.2, 0.25) is 0 Å². The Morgan fingerprint density at radius 3 is 2.70 bits per heavy atom. The second kappa shape index (κ2) is 6.07. The molecule has 1 aliphatic carbocycles. The molecule has 1 aromatic heterocycles. The topological polar surface area (TPSA) is 95.1 Å². The van der Waals surface area contributed by atoms with Gasteiger partial charge in [-0.15, -0.1) is 0 Å². The molecule has 1 amide bonds. The van der Waals surface area contributed by atoms with Crippen LogP contribution in [-0.4, -0.2) is 27.0 Å². The van der Waals surface area contributed by atoms with Gasteiger partial charge in [0.1, 0.15) is 5.82 Å². The second-order valence-electron chi connectivity index (χ2n) is 5.47. The number of imidazole rings is 1. The van der Waals surface area contributed by atoms with Gasteiger partial charge in [-0.2, -0.15) is 0 Å². The van der Waals surface area contributed by atoms with Crippen LogP contribution in [0.15, 0.2) is 12.4 Å². The van der Waals surface area contributed by atoms with Crippen LogP contribution in [0.25, 0.3) is 0 Å². The number of carbonyl (C=O) groups is 2. The van der Waals surface area contributed by atoms with E-state index in [2.05, 4.69) is 15.3 Å². The third-order valence-corrected chi connectivity index (χ3v) is 4.11. The Bertz CT molecular complexity index is 464. The summed E-state index contributed by atoms with van der Waals surface area (Å²) in [6, 6.07) is -0.190. The normalized spacial score (nSPS) is 18.6. The van der Waals surface area contributed by atoms with Crippen LogP contribution < -0.4 is 5.32 Å². The molecule has 0 bridgehead atoms. The summed E-state index contributed by atoms with van der Waals surface area (Å²) < 4.78 is 0. The van der Waals surface area contributed by atoms with Crippen molar-refractivity contribution in [3.05, 3.63) is 18.2 Å². The lowest BCUT2D eigenvalue weighted by Crippen LogP contribution is -2.37. The fourth-order valence-corrected chi connectivity index (χ4v) is 2.90. The number of carbonyl (C=O) groups excluding carboxylic acids is 1. The van der Waals surface area contributed by atoms with Crippen LogP contribution in [0.3, 0.4) is 0 Å². The number of hydrogen-bond donors (Lipinski definition) is 3. The molecule has 20 heavy (non-hydrogen) atoms. The van der Waals surface area contributed by atoms with E-state index in [0.29, 0.717) is 25.1 Å². The van der Waals surface area contributed by atoms with E-state index < -0.39 is 11.4 Å². The molecule has 110 valence electrons. The SMILES string of the molecule is CCC(NC(=O)CC1(C(=O)O)CCCC1)c1ncc[nH]1. The summed E-state index contributed by atoms with van der Waals surface area (Å²) in [6.45, 7) is 1.95. The van der Waals surface area contributed by atoms with Crippen LogP contribution in [0.5, 0.6) is 0 Å². The van der Waals surface area contributed by atoms with Crippen molar-refractivity contribution in [1.29, 1.82) is 0 Å². The summed E-state index contributed by atoms with van der Waals surface area (Å²) >= 11 is 0. The van der Waals surface area contributed by atoms with E-state index in [-0.39, 0.29) is 18.4 Å². The molecule has 1 aliphatic rings. The van der Waals surface area contributed by atoms with Gasteiger partial charge >= 0.3 is 5.97 Å². The number of H-pyrrole nitrogens is 1. The maximum Gasteiger partial charge on any atom is 0.310 e. The van der Waals surface area contributed by atoms with Crippen molar-refractivity contribution in [3.8, 4) is 0 Å². The van der Waals surface area contributed by atoms with Gasteiger partial charge in [-0.1, -0.05) is 19.8 Å². The fourth-order valence-electron chi connectivity index (χ4n) is 2.90. The molecule has 2 rings (SSSR count). The Labute approximate surface area is 118 Å². The highest BCUT2D eigenvalue weighted by atomic mass is 16.4. The first-order valence-corrected chi connectivity index (χ1v) is 7.09. The first kappa shape index (κ1) is 14.6. The number of carboxylic acids is 1. The van der Waals surface area contributed by atoms with E-state index in [1.165, 1.54) is 0 Å². The van der Waals surface area contributed by atoms with Crippen LogP contribution in [-0.2, 0) is 9.59 Å². The number of nitrogens with zero attached hydrogens (tertiary/aromatic N) is 1. The molecule has 1 aromatic rings. The van der Waals surface area contributed by atoms with Crippen LogP contribution in [0.4, 0.5) is 0 Å². The second-order valence-corrected chi connectivity index (χ2v) is 5.47. The minimum absolute atomic E-state index is 0.0551. The molecule has 0 aromatic carbocycles. The number of aromatic amines is 1. The third kappa shape index (κ3) is 3.00. The zero-order valence-electron chi connectivity index (χ0n) is 11.7. The summed E-state index contributed by atoms with van der Waals surface area (Å²) in [5, 5.41) is 12.3. The van der Waals surface area contributed by atoms with E-state index in [0.717, 1.165) is 12.8 Å². The molecule has 0 aliphatic heterocycles. The number of nitrogens with one attached hydrogen (secondary N) is 2. The van der Waals surface area contributed by atoms with Crippen LogP contribution in [0.1, 0.15) is 57.3 Å². The molecule has 0 radical (unpaired) electrons. The van der Waals surface area contributed by atoms with Crippen molar-refractivity contribution in [1.82, 2.24) is 15.3 Å². The Morgan fingerprint density at radius 1 is 1.50 bits per heavy atom. The molecule has 6 nitrogen and oxygen atoms in total. The zero-order valence-corrected chi connectivity index (χ0v) is 11.7. The molecule has 0 saturated heterocycles. The number of amides is 1. The summed E-state index contributed by atoms with van der Waals surface area (Å²) in [5.41, 5.74) is -0.870. The van der Waals surface area contributed by atoms with Gasteiger partial charge in [0.2, 0.25) is 5.91 Å². The number of aromatic nitrogens is 2. The molecule has 1 atom stereocenters. The Kier molecular flexibility index (Phi) is 4.42. The van der Waals surface area contributed by atoms with E-state index in [9.17, 15) is 14.7 Å². The highest BCUT2D eigenvalue weighted by Gasteiger charge is 2.43. The van der Waals surface area contributed by atoms with Gasteiger partial charge in [0.15, 0.2) is 0 Å². The predicted octanol–water partition coefficient (Wildman–Crippen LogP) is 2.01. The lowest BCUT2D eigenvalue weighted by Gasteiger charge is -2.24. The number of aliphatic carboxylic acids is 1. The van der Waals surface area contributed by atoms with Crippen molar-refractivity contribution in [2.24, 2.45) is 5.41 Å². The van der Waals surface area contributed by atoms with E-state index in [1.807, 2.05) is 6.92 Å². The molecule has 6 heteroatoms. The summed E-state index contributed by atoms with van der Waals surface area (Å²) in [5.74, 6) is -0.356.